The molecule has 0 radical (unpaired) electrons. The molecule has 0 spiro atoms. The quantitative estimate of drug-likeness (QED) is 0.550. The molecular weight excluding hydrogens is 254 g/mol. The van der Waals surface area contributed by atoms with Crippen LogP contribution in [-0.4, -0.2) is 37.4 Å². The summed E-state index contributed by atoms with van der Waals surface area (Å²) in [6.07, 6.45) is 8.58. The first-order valence-electron chi connectivity index (χ1n) is 8.16. The van der Waals surface area contributed by atoms with Gasteiger partial charge in [-0.2, -0.15) is 0 Å². The lowest BCUT2D eigenvalue weighted by Gasteiger charge is -2.28. The zero-order valence-corrected chi connectivity index (χ0v) is 13.4. The van der Waals surface area contributed by atoms with E-state index in [-0.39, 0.29) is 5.97 Å². The van der Waals surface area contributed by atoms with Crippen molar-refractivity contribution in [2.45, 2.75) is 77.4 Å². The number of rotatable bonds is 8. The van der Waals surface area contributed by atoms with E-state index in [2.05, 4.69) is 5.32 Å². The molecule has 4 nitrogen and oxygen atoms in total. The van der Waals surface area contributed by atoms with Gasteiger partial charge in [0.15, 0.2) is 0 Å². The van der Waals surface area contributed by atoms with E-state index in [1.165, 1.54) is 25.7 Å². The third kappa shape index (κ3) is 5.80. The van der Waals surface area contributed by atoms with Gasteiger partial charge in [0.1, 0.15) is 5.54 Å². The Kier molecular flexibility index (Phi) is 8.15. The molecule has 1 saturated carbocycles. The molecule has 118 valence electrons. The largest absolute Gasteiger partial charge is 0.465 e. The molecule has 1 aliphatic rings. The van der Waals surface area contributed by atoms with E-state index in [9.17, 15) is 4.79 Å². The summed E-state index contributed by atoms with van der Waals surface area (Å²) >= 11 is 0. The average Bonchev–Trinajstić information content (AvgIpc) is 2.68. The molecule has 1 N–H and O–H groups in total. The van der Waals surface area contributed by atoms with Gasteiger partial charge in [0.05, 0.1) is 12.7 Å². The highest BCUT2D eigenvalue weighted by molar-refractivity contribution is 5.80. The molecule has 1 fully saturated rings. The van der Waals surface area contributed by atoms with Crippen molar-refractivity contribution in [3.05, 3.63) is 0 Å². The van der Waals surface area contributed by atoms with Gasteiger partial charge in [-0.25, -0.2) is 0 Å². The second-order valence-electron chi connectivity index (χ2n) is 5.82. The first-order chi connectivity index (χ1) is 9.62. The molecule has 1 rings (SSSR count). The fourth-order valence-electron chi connectivity index (χ4n) is 2.78. The van der Waals surface area contributed by atoms with Gasteiger partial charge in [-0.15, -0.1) is 0 Å². The summed E-state index contributed by atoms with van der Waals surface area (Å²) in [7, 11) is 0. The van der Waals surface area contributed by atoms with Crippen LogP contribution in [0.25, 0.3) is 0 Å². The fourth-order valence-corrected chi connectivity index (χ4v) is 2.78. The third-order valence-electron chi connectivity index (χ3n) is 4.05. The molecule has 20 heavy (non-hydrogen) atoms. The van der Waals surface area contributed by atoms with Crippen molar-refractivity contribution in [2.24, 2.45) is 0 Å². The van der Waals surface area contributed by atoms with Crippen LogP contribution in [0, 0.1) is 0 Å². The molecule has 0 amide bonds. The van der Waals surface area contributed by atoms with Crippen LogP contribution in [0.3, 0.4) is 0 Å². The van der Waals surface area contributed by atoms with Crippen molar-refractivity contribution in [3.63, 3.8) is 0 Å². The van der Waals surface area contributed by atoms with Crippen LogP contribution in [0.1, 0.15) is 65.7 Å². The highest BCUT2D eigenvalue weighted by Crippen LogP contribution is 2.21. The summed E-state index contributed by atoms with van der Waals surface area (Å²) in [4.78, 5) is 12.1. The third-order valence-corrected chi connectivity index (χ3v) is 4.05. The number of nitrogens with one attached hydrogen (secondary N) is 1. The van der Waals surface area contributed by atoms with Crippen LogP contribution in [0.5, 0.6) is 0 Å². The summed E-state index contributed by atoms with van der Waals surface area (Å²) in [5.41, 5.74) is -0.629. The molecule has 0 heterocycles. The maximum Gasteiger partial charge on any atom is 0.326 e. The van der Waals surface area contributed by atoms with Crippen molar-refractivity contribution in [2.75, 3.05) is 19.8 Å². The van der Waals surface area contributed by atoms with Crippen molar-refractivity contribution in [1.29, 1.82) is 0 Å². The van der Waals surface area contributed by atoms with E-state index in [1.807, 2.05) is 20.8 Å². The molecule has 0 saturated heterocycles. The van der Waals surface area contributed by atoms with Gasteiger partial charge < -0.3 is 14.8 Å². The minimum absolute atomic E-state index is 0.175. The molecule has 4 heteroatoms. The Morgan fingerprint density at radius 2 is 1.85 bits per heavy atom. The monoisotopic (exact) mass is 285 g/mol. The van der Waals surface area contributed by atoms with Crippen LogP contribution < -0.4 is 5.32 Å². The summed E-state index contributed by atoms with van der Waals surface area (Å²) in [5.74, 6) is -0.175. The molecule has 0 aromatic heterocycles. The van der Waals surface area contributed by atoms with E-state index in [0.717, 1.165) is 19.4 Å². The van der Waals surface area contributed by atoms with E-state index < -0.39 is 5.54 Å². The number of carbonyl (C=O) groups is 1. The zero-order chi connectivity index (χ0) is 14.8. The Bertz CT molecular complexity index is 275. The topological polar surface area (TPSA) is 47.6 Å². The Morgan fingerprint density at radius 1 is 1.20 bits per heavy atom. The second-order valence-corrected chi connectivity index (χ2v) is 5.82. The number of likely N-dealkylation sites (N-methyl/N-ethyl adjacent to an activating group) is 1. The second kappa shape index (κ2) is 9.35. The Hall–Kier alpha value is -0.610. The van der Waals surface area contributed by atoms with Gasteiger partial charge in [0.2, 0.25) is 0 Å². The summed E-state index contributed by atoms with van der Waals surface area (Å²) in [5, 5.41) is 3.24. The van der Waals surface area contributed by atoms with E-state index in [0.29, 0.717) is 25.7 Å². The Balaban J connectivity index is 2.39. The maximum atomic E-state index is 12.1. The number of ether oxygens (including phenoxy) is 2. The van der Waals surface area contributed by atoms with Crippen molar-refractivity contribution in [1.82, 2.24) is 5.32 Å². The highest BCUT2D eigenvalue weighted by Gasteiger charge is 2.33. The van der Waals surface area contributed by atoms with Crippen LogP contribution in [0.4, 0.5) is 0 Å². The number of esters is 1. The normalized spacial score (nSPS) is 20.1. The fraction of sp³-hybridized carbons (Fsp3) is 0.938. The van der Waals surface area contributed by atoms with Gasteiger partial charge in [0, 0.05) is 6.61 Å². The molecule has 0 bridgehead atoms. The predicted molar refractivity (Wildman–Crippen MR) is 80.8 cm³/mol. The molecule has 0 aliphatic heterocycles. The molecular formula is C16H31NO3. The lowest BCUT2D eigenvalue weighted by molar-refractivity contribution is -0.151. The average molecular weight is 285 g/mol. The SMILES string of the molecule is CCNC(C)(CCOC1CCCCCC1)C(=O)OCC. The first-order valence-corrected chi connectivity index (χ1v) is 8.16. The molecule has 0 aromatic rings. The predicted octanol–water partition coefficient (Wildman–Crippen LogP) is 3.05. The summed E-state index contributed by atoms with van der Waals surface area (Å²) < 4.78 is 11.2. The van der Waals surface area contributed by atoms with Gasteiger partial charge >= 0.3 is 5.97 Å². The molecule has 1 atom stereocenters. The van der Waals surface area contributed by atoms with E-state index in [1.54, 1.807) is 0 Å². The minimum Gasteiger partial charge on any atom is -0.465 e. The summed E-state index contributed by atoms with van der Waals surface area (Å²) in [6.45, 7) is 7.54. The first kappa shape index (κ1) is 17.4. The van der Waals surface area contributed by atoms with E-state index >= 15 is 0 Å². The van der Waals surface area contributed by atoms with E-state index in [4.69, 9.17) is 9.47 Å². The van der Waals surface area contributed by atoms with Crippen molar-refractivity contribution >= 4 is 5.97 Å². The van der Waals surface area contributed by atoms with Crippen molar-refractivity contribution in [3.8, 4) is 0 Å². The number of hydrogen-bond acceptors (Lipinski definition) is 4. The molecule has 1 unspecified atom stereocenters. The standard InChI is InChI=1S/C16H31NO3/c1-4-17-16(3,15(18)19-5-2)12-13-20-14-10-8-6-7-9-11-14/h14,17H,4-13H2,1-3H3. The zero-order valence-electron chi connectivity index (χ0n) is 13.4. The van der Waals surface area contributed by atoms with Gasteiger partial charge in [-0.05, 0) is 39.7 Å². The number of hydrogen-bond donors (Lipinski definition) is 1. The summed E-state index contributed by atoms with van der Waals surface area (Å²) in [6, 6.07) is 0. The smallest absolute Gasteiger partial charge is 0.326 e. The van der Waals surface area contributed by atoms with Gasteiger partial charge in [-0.1, -0.05) is 32.6 Å². The Morgan fingerprint density at radius 3 is 2.40 bits per heavy atom. The van der Waals surface area contributed by atoms with Gasteiger partial charge in [0.25, 0.3) is 0 Å². The van der Waals surface area contributed by atoms with Crippen LogP contribution in [0.2, 0.25) is 0 Å². The van der Waals surface area contributed by atoms with Crippen molar-refractivity contribution < 1.29 is 14.3 Å². The van der Waals surface area contributed by atoms with Gasteiger partial charge in [-0.3, -0.25) is 4.79 Å². The molecule has 0 aromatic carbocycles. The lowest BCUT2D eigenvalue weighted by atomic mass is 9.98. The maximum absolute atomic E-state index is 12.1. The Labute approximate surface area is 123 Å². The van der Waals surface area contributed by atoms with Crippen LogP contribution in [-0.2, 0) is 14.3 Å². The number of carbonyl (C=O) groups excluding carboxylic acids is 1. The minimum atomic E-state index is -0.629. The highest BCUT2D eigenvalue weighted by atomic mass is 16.5. The van der Waals surface area contributed by atoms with Crippen LogP contribution in [0.15, 0.2) is 0 Å². The molecule has 1 aliphatic carbocycles. The van der Waals surface area contributed by atoms with Crippen LogP contribution >= 0.6 is 0 Å². The lowest BCUT2D eigenvalue weighted by Crippen LogP contribution is -2.51.